The molecule has 4 rings (SSSR count). The van der Waals surface area contributed by atoms with Crippen LogP contribution in [-0.2, 0) is 0 Å². The average Bonchev–Trinajstić information content (AvgIpc) is 2.64. The molecule has 122 valence electrons. The first-order chi connectivity index (χ1) is 11.8. The second-order valence-electron chi connectivity index (χ2n) is 6.50. The topological polar surface area (TPSA) is 38.9 Å². The van der Waals surface area contributed by atoms with Crippen molar-refractivity contribution in [2.75, 3.05) is 0 Å². The molecule has 0 aliphatic heterocycles. The Morgan fingerprint density at radius 2 is 1.67 bits per heavy atom. The van der Waals surface area contributed by atoms with Crippen molar-refractivity contribution in [1.82, 2.24) is 4.98 Å². The molecule has 2 nitrogen and oxygen atoms in total. The van der Waals surface area contributed by atoms with Crippen LogP contribution in [0.5, 0.6) is 0 Å². The van der Waals surface area contributed by atoms with Gasteiger partial charge in [0, 0.05) is 22.2 Å². The average molecular weight is 334 g/mol. The Labute approximate surface area is 147 Å². The number of benzene rings is 2. The zero-order valence-electron chi connectivity index (χ0n) is 13.7. The van der Waals surface area contributed by atoms with Gasteiger partial charge in [0.1, 0.15) is 5.03 Å². The molecule has 0 bridgehead atoms. The summed E-state index contributed by atoms with van der Waals surface area (Å²) in [4.78, 5) is 4.99. The molecule has 1 fully saturated rings. The Bertz CT molecular complexity index is 832. The Morgan fingerprint density at radius 1 is 0.917 bits per heavy atom. The molecule has 2 N–H and O–H groups in total. The number of fused-ring (bicyclic) bond motifs is 1. The van der Waals surface area contributed by atoms with E-state index in [9.17, 15) is 0 Å². The molecule has 0 radical (unpaired) electrons. The maximum atomic E-state index is 6.38. The predicted octanol–water partition coefficient (Wildman–Crippen LogP) is 5.26. The second kappa shape index (κ2) is 6.96. The van der Waals surface area contributed by atoms with E-state index in [4.69, 9.17) is 10.7 Å². The fourth-order valence-electron chi connectivity index (χ4n) is 3.43. The van der Waals surface area contributed by atoms with Gasteiger partial charge in [-0.05, 0) is 30.5 Å². The molecular weight excluding hydrogens is 312 g/mol. The summed E-state index contributed by atoms with van der Waals surface area (Å²) < 4.78 is 0. The van der Waals surface area contributed by atoms with Crippen LogP contribution in [0.3, 0.4) is 0 Å². The summed E-state index contributed by atoms with van der Waals surface area (Å²) in [6, 6.07) is 21.5. The zero-order chi connectivity index (χ0) is 16.4. The molecule has 1 aliphatic carbocycles. The molecule has 0 amide bonds. The first-order valence-corrected chi connectivity index (χ1v) is 9.57. The van der Waals surface area contributed by atoms with Gasteiger partial charge in [-0.1, -0.05) is 61.4 Å². The molecule has 2 atom stereocenters. The van der Waals surface area contributed by atoms with Crippen molar-refractivity contribution in [2.24, 2.45) is 5.73 Å². The molecule has 1 aliphatic rings. The van der Waals surface area contributed by atoms with E-state index in [1.165, 1.54) is 35.8 Å². The summed E-state index contributed by atoms with van der Waals surface area (Å²) in [7, 11) is 0. The number of nitrogens with two attached hydrogens (primary N) is 1. The monoisotopic (exact) mass is 334 g/mol. The molecule has 0 unspecified atom stereocenters. The Kier molecular flexibility index (Phi) is 4.54. The summed E-state index contributed by atoms with van der Waals surface area (Å²) in [5.41, 5.74) is 9.88. The minimum atomic E-state index is 0.278. The van der Waals surface area contributed by atoms with Gasteiger partial charge in [-0.3, -0.25) is 0 Å². The van der Waals surface area contributed by atoms with Crippen LogP contribution in [0.4, 0.5) is 0 Å². The maximum Gasteiger partial charge on any atom is 0.105 e. The van der Waals surface area contributed by atoms with Gasteiger partial charge in [0.25, 0.3) is 0 Å². The number of hydrogen-bond donors (Lipinski definition) is 1. The van der Waals surface area contributed by atoms with Crippen LogP contribution in [0.15, 0.2) is 65.7 Å². The first kappa shape index (κ1) is 15.7. The number of para-hydroxylation sites is 1. The molecule has 1 heterocycles. The third-order valence-corrected chi connectivity index (χ3v) is 6.21. The lowest BCUT2D eigenvalue weighted by Gasteiger charge is -2.28. The smallest absolute Gasteiger partial charge is 0.105 e. The van der Waals surface area contributed by atoms with E-state index >= 15 is 0 Å². The van der Waals surface area contributed by atoms with Gasteiger partial charge in [-0.2, -0.15) is 0 Å². The molecule has 0 saturated heterocycles. The largest absolute Gasteiger partial charge is 0.327 e. The second-order valence-corrected chi connectivity index (χ2v) is 7.73. The number of pyridine rings is 1. The van der Waals surface area contributed by atoms with Gasteiger partial charge in [-0.15, -0.1) is 11.8 Å². The molecule has 3 heteroatoms. The van der Waals surface area contributed by atoms with Crippen molar-refractivity contribution in [1.29, 1.82) is 0 Å². The SMILES string of the molecule is N[C@H]1CCCC[C@H]1Sc1nc2ccccc2cc1-c1ccccc1. The fraction of sp³-hybridized carbons (Fsp3) is 0.286. The highest BCUT2D eigenvalue weighted by atomic mass is 32.2. The van der Waals surface area contributed by atoms with Crippen LogP contribution in [0.25, 0.3) is 22.0 Å². The third kappa shape index (κ3) is 3.19. The van der Waals surface area contributed by atoms with Crippen molar-refractivity contribution in [3.63, 3.8) is 0 Å². The number of aromatic nitrogens is 1. The zero-order valence-corrected chi connectivity index (χ0v) is 14.5. The highest BCUT2D eigenvalue weighted by molar-refractivity contribution is 8.00. The van der Waals surface area contributed by atoms with Crippen LogP contribution >= 0.6 is 11.8 Å². The van der Waals surface area contributed by atoms with E-state index in [1.54, 1.807) is 0 Å². The Balaban J connectivity index is 1.79. The van der Waals surface area contributed by atoms with Crippen molar-refractivity contribution in [3.8, 4) is 11.1 Å². The molecule has 0 spiro atoms. The van der Waals surface area contributed by atoms with Gasteiger partial charge >= 0.3 is 0 Å². The molecule has 1 saturated carbocycles. The van der Waals surface area contributed by atoms with Crippen LogP contribution in [0, 0.1) is 0 Å². The summed E-state index contributed by atoms with van der Waals surface area (Å²) in [5, 5.41) is 2.77. The van der Waals surface area contributed by atoms with Crippen molar-refractivity contribution in [2.45, 2.75) is 42.0 Å². The summed E-state index contributed by atoms with van der Waals surface area (Å²) in [6.07, 6.45) is 4.86. The summed E-state index contributed by atoms with van der Waals surface area (Å²) >= 11 is 1.87. The quantitative estimate of drug-likeness (QED) is 0.709. The standard InChI is InChI=1S/C21H22N2S/c22-18-11-5-7-13-20(18)24-21-17(15-8-2-1-3-9-15)14-16-10-4-6-12-19(16)23-21/h1-4,6,8-10,12,14,18,20H,5,7,11,13,22H2/t18-,20+/m0/s1. The van der Waals surface area contributed by atoms with Crippen molar-refractivity contribution in [3.05, 3.63) is 60.7 Å². The van der Waals surface area contributed by atoms with Gasteiger partial charge in [-0.25, -0.2) is 4.98 Å². The number of hydrogen-bond acceptors (Lipinski definition) is 3. The van der Waals surface area contributed by atoms with Crippen LogP contribution in [0.2, 0.25) is 0 Å². The minimum Gasteiger partial charge on any atom is -0.327 e. The minimum absolute atomic E-state index is 0.278. The van der Waals surface area contributed by atoms with E-state index in [0.29, 0.717) is 5.25 Å². The van der Waals surface area contributed by atoms with Crippen molar-refractivity contribution < 1.29 is 0 Å². The molecular formula is C21H22N2S. The highest BCUT2D eigenvalue weighted by Crippen LogP contribution is 2.38. The molecule has 1 aromatic heterocycles. The van der Waals surface area contributed by atoms with E-state index in [-0.39, 0.29) is 6.04 Å². The van der Waals surface area contributed by atoms with Crippen LogP contribution in [-0.4, -0.2) is 16.3 Å². The lowest BCUT2D eigenvalue weighted by Crippen LogP contribution is -2.35. The Hall–Kier alpha value is -1.84. The van der Waals surface area contributed by atoms with Gasteiger partial charge < -0.3 is 5.73 Å². The van der Waals surface area contributed by atoms with Crippen LogP contribution in [0.1, 0.15) is 25.7 Å². The van der Waals surface area contributed by atoms with E-state index in [1.807, 2.05) is 11.8 Å². The van der Waals surface area contributed by atoms with Gasteiger partial charge in [0.05, 0.1) is 5.52 Å². The Morgan fingerprint density at radius 3 is 2.50 bits per heavy atom. The lowest BCUT2D eigenvalue weighted by atomic mass is 9.96. The lowest BCUT2D eigenvalue weighted by molar-refractivity contribution is 0.453. The van der Waals surface area contributed by atoms with E-state index < -0.39 is 0 Å². The fourth-order valence-corrected chi connectivity index (χ4v) is 4.76. The normalized spacial score (nSPS) is 21.0. The van der Waals surface area contributed by atoms with Crippen LogP contribution < -0.4 is 5.73 Å². The maximum absolute atomic E-state index is 6.38. The number of rotatable bonds is 3. The van der Waals surface area contributed by atoms with Gasteiger partial charge in [0.15, 0.2) is 0 Å². The summed E-state index contributed by atoms with van der Waals surface area (Å²) in [5.74, 6) is 0. The van der Waals surface area contributed by atoms with E-state index in [0.717, 1.165) is 17.0 Å². The third-order valence-electron chi connectivity index (χ3n) is 4.79. The van der Waals surface area contributed by atoms with Crippen molar-refractivity contribution >= 4 is 22.7 Å². The number of thioether (sulfide) groups is 1. The highest BCUT2D eigenvalue weighted by Gasteiger charge is 2.24. The first-order valence-electron chi connectivity index (χ1n) is 8.69. The molecule has 2 aromatic carbocycles. The number of nitrogens with zero attached hydrogens (tertiary/aromatic N) is 1. The summed E-state index contributed by atoms with van der Waals surface area (Å²) in [6.45, 7) is 0. The van der Waals surface area contributed by atoms with Gasteiger partial charge in [0.2, 0.25) is 0 Å². The molecule has 24 heavy (non-hydrogen) atoms. The predicted molar refractivity (Wildman–Crippen MR) is 103 cm³/mol. The molecule has 3 aromatic rings. The van der Waals surface area contributed by atoms with E-state index in [2.05, 4.69) is 60.7 Å².